The number of primary amides is 1. The van der Waals surface area contributed by atoms with Crippen molar-refractivity contribution in [2.24, 2.45) is 17.6 Å². The number of pyridine rings is 1. The van der Waals surface area contributed by atoms with Crippen molar-refractivity contribution in [1.29, 1.82) is 0 Å². The van der Waals surface area contributed by atoms with Crippen LogP contribution in [0.1, 0.15) is 31.4 Å². The minimum atomic E-state index is -4.87. The van der Waals surface area contributed by atoms with Crippen molar-refractivity contribution >= 4 is 46.5 Å². The number of hydrogen-bond donors (Lipinski definition) is 3. The standard InChI is InChI=1S/C25H23ClF9N5O3/c26-14-3-1-4-16-19(14)39-22(43)15(11-40(16)18-6-2-5-17(38-18)25(33,34)35)37-21(42)13(8-10-24(30,31)32)12(20(36)41)7-9-23(27,28)29/h1-6,12-13,15H,7-11H2,(H2,36,41)(H,37,42)(H,39,43)/t12-,13+,15+/m1/s1. The van der Waals surface area contributed by atoms with Crippen molar-refractivity contribution in [2.45, 2.75) is 50.3 Å². The molecule has 0 aliphatic carbocycles. The number of carbonyl (C=O) groups is 3. The Kier molecular flexibility index (Phi) is 10.1. The van der Waals surface area contributed by atoms with E-state index < -0.39 is 92.1 Å². The number of hydrogen-bond acceptors (Lipinski definition) is 5. The lowest BCUT2D eigenvalue weighted by atomic mass is 9.83. The van der Waals surface area contributed by atoms with Crippen LogP contribution >= 0.6 is 11.6 Å². The Morgan fingerprint density at radius 2 is 1.56 bits per heavy atom. The Morgan fingerprint density at radius 3 is 2.12 bits per heavy atom. The molecule has 236 valence electrons. The zero-order valence-corrected chi connectivity index (χ0v) is 22.5. The van der Waals surface area contributed by atoms with Crippen LogP contribution in [-0.2, 0) is 20.6 Å². The van der Waals surface area contributed by atoms with Gasteiger partial charge in [0.15, 0.2) is 0 Å². The molecule has 18 heteroatoms. The van der Waals surface area contributed by atoms with E-state index in [2.05, 4.69) is 15.6 Å². The average molecular weight is 648 g/mol. The number of anilines is 3. The third-order valence-electron chi connectivity index (χ3n) is 6.50. The van der Waals surface area contributed by atoms with E-state index >= 15 is 0 Å². The highest BCUT2D eigenvalue weighted by Crippen LogP contribution is 2.40. The third-order valence-corrected chi connectivity index (χ3v) is 6.81. The number of amides is 3. The largest absolute Gasteiger partial charge is 0.433 e. The summed E-state index contributed by atoms with van der Waals surface area (Å²) < 4.78 is 118. The Bertz CT molecular complexity index is 1350. The molecule has 0 saturated heterocycles. The van der Waals surface area contributed by atoms with Crippen molar-refractivity contribution in [1.82, 2.24) is 10.3 Å². The molecule has 1 aromatic heterocycles. The molecule has 3 amide bonds. The van der Waals surface area contributed by atoms with E-state index in [0.29, 0.717) is 6.07 Å². The first-order chi connectivity index (χ1) is 19.8. The van der Waals surface area contributed by atoms with Crippen LogP contribution in [0.3, 0.4) is 0 Å². The predicted octanol–water partition coefficient (Wildman–Crippen LogP) is 5.73. The number of benzene rings is 1. The average Bonchev–Trinajstić information content (AvgIpc) is 3.01. The fraction of sp³-hybridized carbons (Fsp3) is 0.440. The minimum absolute atomic E-state index is 0.0400. The molecule has 0 bridgehead atoms. The highest BCUT2D eigenvalue weighted by Gasteiger charge is 2.41. The monoisotopic (exact) mass is 647 g/mol. The normalized spacial score (nSPS) is 17.4. The van der Waals surface area contributed by atoms with E-state index in [1.165, 1.54) is 18.2 Å². The summed E-state index contributed by atoms with van der Waals surface area (Å²) in [6, 6.07) is 5.23. The molecule has 0 radical (unpaired) electrons. The van der Waals surface area contributed by atoms with Gasteiger partial charge in [-0.2, -0.15) is 39.5 Å². The molecule has 0 spiro atoms. The van der Waals surface area contributed by atoms with Gasteiger partial charge in [0.05, 0.1) is 22.9 Å². The summed E-state index contributed by atoms with van der Waals surface area (Å²) in [6.45, 7) is -0.644. The van der Waals surface area contributed by atoms with Gasteiger partial charge in [-0.25, -0.2) is 4.98 Å². The molecule has 3 rings (SSSR count). The van der Waals surface area contributed by atoms with Gasteiger partial charge in [-0.1, -0.05) is 23.7 Å². The van der Waals surface area contributed by atoms with Crippen LogP contribution in [0.4, 0.5) is 56.7 Å². The topological polar surface area (TPSA) is 117 Å². The van der Waals surface area contributed by atoms with E-state index in [9.17, 15) is 53.9 Å². The molecule has 2 aromatic rings. The molecule has 1 aromatic carbocycles. The first-order valence-corrected chi connectivity index (χ1v) is 12.8. The molecule has 43 heavy (non-hydrogen) atoms. The first-order valence-electron chi connectivity index (χ1n) is 12.4. The molecule has 1 aliphatic rings. The number of alkyl halides is 9. The lowest BCUT2D eigenvalue weighted by Crippen LogP contribution is -2.52. The van der Waals surface area contributed by atoms with E-state index in [1.54, 1.807) is 0 Å². The maximum Gasteiger partial charge on any atom is 0.433 e. The van der Waals surface area contributed by atoms with Gasteiger partial charge >= 0.3 is 18.5 Å². The zero-order valence-electron chi connectivity index (χ0n) is 21.7. The van der Waals surface area contributed by atoms with Gasteiger partial charge in [0.25, 0.3) is 0 Å². The van der Waals surface area contributed by atoms with Crippen LogP contribution in [-0.4, -0.2) is 47.6 Å². The van der Waals surface area contributed by atoms with Gasteiger partial charge in [-0.3, -0.25) is 14.4 Å². The minimum Gasteiger partial charge on any atom is -0.369 e. The number of para-hydroxylation sites is 1. The van der Waals surface area contributed by atoms with Crippen molar-refractivity contribution in [3.05, 3.63) is 47.1 Å². The molecule has 1 aliphatic heterocycles. The molecular weight excluding hydrogens is 625 g/mol. The van der Waals surface area contributed by atoms with Crippen molar-refractivity contribution in [2.75, 3.05) is 16.8 Å². The number of aromatic nitrogens is 1. The molecule has 8 nitrogen and oxygen atoms in total. The summed E-state index contributed by atoms with van der Waals surface area (Å²) in [6.07, 6.45) is -20.1. The smallest absolute Gasteiger partial charge is 0.369 e. The van der Waals surface area contributed by atoms with Crippen LogP contribution in [0.2, 0.25) is 5.02 Å². The van der Waals surface area contributed by atoms with Gasteiger partial charge in [0.2, 0.25) is 17.7 Å². The van der Waals surface area contributed by atoms with Crippen molar-refractivity contribution in [3.63, 3.8) is 0 Å². The van der Waals surface area contributed by atoms with E-state index in [0.717, 1.165) is 17.0 Å². The zero-order chi connectivity index (χ0) is 32.3. The quantitative estimate of drug-likeness (QED) is 0.301. The van der Waals surface area contributed by atoms with Gasteiger partial charge in [0.1, 0.15) is 17.6 Å². The highest BCUT2D eigenvalue weighted by molar-refractivity contribution is 6.34. The van der Waals surface area contributed by atoms with Crippen molar-refractivity contribution < 1.29 is 53.9 Å². The molecule has 3 atom stereocenters. The summed E-state index contributed by atoms with van der Waals surface area (Å²) >= 11 is 6.19. The SMILES string of the molecule is NC(=O)[C@H](CCC(F)(F)F)[C@H](CCC(F)(F)F)C(=O)N[C@H]1CN(c2cccc(C(F)(F)F)n2)c2cccc(Cl)c2NC1=O. The Hall–Kier alpha value is -3.76. The number of nitrogens with one attached hydrogen (secondary N) is 2. The van der Waals surface area contributed by atoms with E-state index in [-0.39, 0.29) is 22.2 Å². The third kappa shape index (κ3) is 9.11. The number of fused-ring (bicyclic) bond motifs is 1. The van der Waals surface area contributed by atoms with Crippen molar-refractivity contribution in [3.8, 4) is 0 Å². The second-order valence-corrected chi connectivity index (χ2v) is 10.0. The van der Waals surface area contributed by atoms with E-state index in [1.807, 2.05) is 0 Å². The molecule has 4 N–H and O–H groups in total. The fourth-order valence-electron chi connectivity index (χ4n) is 4.47. The fourth-order valence-corrected chi connectivity index (χ4v) is 4.69. The number of rotatable bonds is 9. The summed E-state index contributed by atoms with van der Waals surface area (Å²) in [5.41, 5.74) is 3.82. The Morgan fingerprint density at radius 1 is 0.977 bits per heavy atom. The van der Waals surface area contributed by atoms with Crippen LogP contribution < -0.4 is 21.3 Å². The van der Waals surface area contributed by atoms with Gasteiger partial charge < -0.3 is 21.3 Å². The van der Waals surface area contributed by atoms with Crippen LogP contribution in [0, 0.1) is 11.8 Å². The number of nitrogens with zero attached hydrogens (tertiary/aromatic N) is 2. The lowest BCUT2D eigenvalue weighted by molar-refractivity contribution is -0.152. The predicted molar refractivity (Wildman–Crippen MR) is 135 cm³/mol. The molecular formula is C25H23ClF9N5O3. The summed E-state index contributed by atoms with van der Waals surface area (Å²) in [5, 5.41) is 4.45. The lowest BCUT2D eigenvalue weighted by Gasteiger charge is -2.29. The van der Waals surface area contributed by atoms with Gasteiger partial charge in [-0.05, 0) is 37.1 Å². The second kappa shape index (κ2) is 12.9. The first kappa shape index (κ1) is 33.7. The van der Waals surface area contributed by atoms with Crippen LogP contribution in [0.25, 0.3) is 0 Å². The summed E-state index contributed by atoms with van der Waals surface area (Å²) in [5.74, 6) is -8.27. The maximum absolute atomic E-state index is 13.4. The molecule has 2 heterocycles. The number of nitrogens with two attached hydrogens (primary N) is 1. The second-order valence-electron chi connectivity index (χ2n) is 9.60. The highest BCUT2D eigenvalue weighted by atomic mass is 35.5. The van der Waals surface area contributed by atoms with Gasteiger partial charge in [0, 0.05) is 24.7 Å². The van der Waals surface area contributed by atoms with Gasteiger partial charge in [-0.15, -0.1) is 0 Å². The Labute approximate surface area is 242 Å². The number of halogens is 10. The Balaban J connectivity index is 2.00. The van der Waals surface area contributed by atoms with E-state index in [4.69, 9.17) is 17.3 Å². The maximum atomic E-state index is 13.4. The molecule has 0 fully saturated rings. The summed E-state index contributed by atoms with van der Waals surface area (Å²) in [4.78, 5) is 43.1. The van der Waals surface area contributed by atoms with Crippen LogP contribution in [0.5, 0.6) is 0 Å². The molecule has 0 saturated carbocycles. The van der Waals surface area contributed by atoms with Crippen LogP contribution in [0.15, 0.2) is 36.4 Å². The summed E-state index contributed by atoms with van der Waals surface area (Å²) in [7, 11) is 0. The molecule has 0 unspecified atom stereocenters. The number of carbonyl (C=O) groups excluding carboxylic acids is 3.